The summed E-state index contributed by atoms with van der Waals surface area (Å²) in [6.45, 7) is 2.57. The Balaban J connectivity index is 2.16. The summed E-state index contributed by atoms with van der Waals surface area (Å²) in [4.78, 5) is 10.7. The lowest BCUT2D eigenvalue weighted by Crippen LogP contribution is -2.18. The Morgan fingerprint density at radius 3 is 2.53 bits per heavy atom. The molecule has 17 heavy (non-hydrogen) atoms. The predicted molar refractivity (Wildman–Crippen MR) is 69.7 cm³/mol. The first-order valence-electron chi connectivity index (χ1n) is 5.51. The van der Waals surface area contributed by atoms with E-state index in [2.05, 4.69) is 27.0 Å². The van der Waals surface area contributed by atoms with Gasteiger partial charge in [-0.1, -0.05) is 18.2 Å². The molecule has 0 fully saturated rings. The maximum absolute atomic E-state index is 5.70. The van der Waals surface area contributed by atoms with Crippen LogP contribution >= 0.6 is 0 Å². The van der Waals surface area contributed by atoms with Crippen LogP contribution in [-0.4, -0.2) is 17.0 Å². The van der Waals surface area contributed by atoms with E-state index in [-0.39, 0.29) is 0 Å². The number of rotatable bonds is 3. The molecular formula is C13H16N4. The van der Waals surface area contributed by atoms with Gasteiger partial charge in [0.1, 0.15) is 11.6 Å². The van der Waals surface area contributed by atoms with Crippen LogP contribution in [0.2, 0.25) is 0 Å². The number of nitrogen functional groups attached to an aromatic ring is 1. The molecular weight excluding hydrogens is 212 g/mol. The van der Waals surface area contributed by atoms with Crippen molar-refractivity contribution >= 4 is 11.5 Å². The monoisotopic (exact) mass is 228 g/mol. The highest BCUT2D eigenvalue weighted by atomic mass is 15.1. The maximum Gasteiger partial charge on any atom is 0.150 e. The second-order valence-corrected chi connectivity index (χ2v) is 4.04. The molecule has 2 aromatic rings. The lowest BCUT2D eigenvalue weighted by molar-refractivity contribution is 0.831. The molecule has 2 N–H and O–H groups in total. The molecule has 0 unspecified atom stereocenters. The van der Waals surface area contributed by atoms with Crippen LogP contribution in [-0.2, 0) is 6.54 Å². The summed E-state index contributed by atoms with van der Waals surface area (Å²) in [5.74, 6) is 1.27. The minimum absolute atomic E-state index is 0.522. The van der Waals surface area contributed by atoms with Crippen LogP contribution in [0.3, 0.4) is 0 Å². The van der Waals surface area contributed by atoms with E-state index in [1.165, 1.54) is 0 Å². The van der Waals surface area contributed by atoms with Gasteiger partial charge in [-0.2, -0.15) is 0 Å². The topological polar surface area (TPSA) is 55.0 Å². The van der Waals surface area contributed by atoms with E-state index in [1.807, 2.05) is 32.2 Å². The smallest absolute Gasteiger partial charge is 0.150 e. The molecule has 88 valence electrons. The Hall–Kier alpha value is -2.10. The molecule has 4 heteroatoms. The summed E-state index contributed by atoms with van der Waals surface area (Å²) in [5, 5.41) is 0. The molecule has 1 aromatic heterocycles. The highest BCUT2D eigenvalue weighted by molar-refractivity contribution is 5.45. The fourth-order valence-corrected chi connectivity index (χ4v) is 1.71. The van der Waals surface area contributed by atoms with Crippen molar-refractivity contribution in [2.75, 3.05) is 17.7 Å². The van der Waals surface area contributed by atoms with Gasteiger partial charge in [0.05, 0.1) is 6.54 Å². The SMILES string of the molecule is Cc1cc(N)nc(CN(C)c2ccccc2)n1. The number of anilines is 2. The number of benzene rings is 1. The van der Waals surface area contributed by atoms with Crippen molar-refractivity contribution in [1.82, 2.24) is 9.97 Å². The fraction of sp³-hybridized carbons (Fsp3) is 0.231. The van der Waals surface area contributed by atoms with Crippen molar-refractivity contribution in [3.8, 4) is 0 Å². The first-order chi connectivity index (χ1) is 8.15. The number of hydrogen-bond acceptors (Lipinski definition) is 4. The zero-order chi connectivity index (χ0) is 12.3. The lowest BCUT2D eigenvalue weighted by atomic mass is 10.3. The van der Waals surface area contributed by atoms with Crippen molar-refractivity contribution in [1.29, 1.82) is 0 Å². The van der Waals surface area contributed by atoms with Gasteiger partial charge in [0.2, 0.25) is 0 Å². The highest BCUT2D eigenvalue weighted by Gasteiger charge is 2.05. The summed E-state index contributed by atoms with van der Waals surface area (Å²) in [6.07, 6.45) is 0. The van der Waals surface area contributed by atoms with Gasteiger partial charge in [0, 0.05) is 24.5 Å². The molecule has 0 saturated carbocycles. The van der Waals surface area contributed by atoms with Gasteiger partial charge in [-0.15, -0.1) is 0 Å². The van der Waals surface area contributed by atoms with Crippen LogP contribution in [0, 0.1) is 6.92 Å². The zero-order valence-corrected chi connectivity index (χ0v) is 10.1. The minimum atomic E-state index is 0.522. The van der Waals surface area contributed by atoms with Crippen LogP contribution in [0.15, 0.2) is 36.4 Å². The molecule has 0 bridgehead atoms. The Labute approximate surface area is 101 Å². The normalized spacial score (nSPS) is 10.2. The molecule has 0 aliphatic carbocycles. The molecule has 0 aliphatic heterocycles. The van der Waals surface area contributed by atoms with E-state index in [0.29, 0.717) is 12.4 Å². The van der Waals surface area contributed by atoms with Gasteiger partial charge in [-0.3, -0.25) is 0 Å². The minimum Gasteiger partial charge on any atom is -0.384 e. The largest absolute Gasteiger partial charge is 0.384 e. The first-order valence-corrected chi connectivity index (χ1v) is 5.51. The van der Waals surface area contributed by atoms with Crippen molar-refractivity contribution in [2.45, 2.75) is 13.5 Å². The average molecular weight is 228 g/mol. The third-order valence-corrected chi connectivity index (χ3v) is 2.50. The van der Waals surface area contributed by atoms with Crippen LogP contribution in [0.1, 0.15) is 11.5 Å². The van der Waals surface area contributed by atoms with Crippen LogP contribution < -0.4 is 10.6 Å². The van der Waals surface area contributed by atoms with Crippen LogP contribution in [0.25, 0.3) is 0 Å². The third-order valence-electron chi connectivity index (χ3n) is 2.50. The highest BCUT2D eigenvalue weighted by Crippen LogP contribution is 2.13. The maximum atomic E-state index is 5.70. The summed E-state index contributed by atoms with van der Waals surface area (Å²) in [5.41, 5.74) is 7.74. The summed E-state index contributed by atoms with van der Waals surface area (Å²) >= 11 is 0. The van der Waals surface area contributed by atoms with E-state index in [9.17, 15) is 0 Å². The first kappa shape index (κ1) is 11.4. The Kier molecular flexibility index (Phi) is 3.23. The van der Waals surface area contributed by atoms with E-state index in [4.69, 9.17) is 5.73 Å². The Morgan fingerprint density at radius 1 is 1.18 bits per heavy atom. The summed E-state index contributed by atoms with van der Waals surface area (Å²) < 4.78 is 0. The van der Waals surface area contributed by atoms with Crippen molar-refractivity contribution in [2.24, 2.45) is 0 Å². The zero-order valence-electron chi connectivity index (χ0n) is 10.1. The summed E-state index contributed by atoms with van der Waals surface area (Å²) in [7, 11) is 2.01. The van der Waals surface area contributed by atoms with Crippen molar-refractivity contribution < 1.29 is 0 Å². The molecule has 0 amide bonds. The number of hydrogen-bond donors (Lipinski definition) is 1. The molecule has 1 aromatic carbocycles. The van der Waals surface area contributed by atoms with Gasteiger partial charge in [0.25, 0.3) is 0 Å². The second-order valence-electron chi connectivity index (χ2n) is 4.04. The molecule has 4 nitrogen and oxygen atoms in total. The van der Waals surface area contributed by atoms with Crippen LogP contribution in [0.5, 0.6) is 0 Å². The van der Waals surface area contributed by atoms with Crippen molar-refractivity contribution in [3.05, 3.63) is 47.9 Å². The molecule has 0 atom stereocenters. The molecule has 0 aliphatic rings. The molecule has 0 spiro atoms. The Morgan fingerprint density at radius 2 is 1.88 bits per heavy atom. The number of nitrogens with two attached hydrogens (primary N) is 1. The molecule has 1 heterocycles. The van der Waals surface area contributed by atoms with E-state index in [1.54, 1.807) is 6.07 Å². The van der Waals surface area contributed by atoms with Gasteiger partial charge in [-0.25, -0.2) is 9.97 Å². The van der Waals surface area contributed by atoms with Gasteiger partial charge in [0.15, 0.2) is 0 Å². The quantitative estimate of drug-likeness (QED) is 0.873. The van der Waals surface area contributed by atoms with Gasteiger partial charge in [-0.05, 0) is 19.1 Å². The van der Waals surface area contributed by atoms with Gasteiger partial charge < -0.3 is 10.6 Å². The van der Waals surface area contributed by atoms with E-state index in [0.717, 1.165) is 17.2 Å². The van der Waals surface area contributed by atoms with Crippen LogP contribution in [0.4, 0.5) is 11.5 Å². The number of para-hydroxylation sites is 1. The van der Waals surface area contributed by atoms with E-state index >= 15 is 0 Å². The second kappa shape index (κ2) is 4.82. The summed E-state index contributed by atoms with van der Waals surface area (Å²) in [6, 6.07) is 11.9. The Bertz CT molecular complexity index is 476. The lowest BCUT2D eigenvalue weighted by Gasteiger charge is -2.18. The predicted octanol–water partition coefficient (Wildman–Crippen LogP) is 2.00. The number of aromatic nitrogens is 2. The molecule has 0 radical (unpaired) electrons. The number of aryl methyl sites for hydroxylation is 1. The number of nitrogens with zero attached hydrogens (tertiary/aromatic N) is 3. The standard InChI is InChI=1S/C13H16N4/c1-10-8-12(14)16-13(15-10)9-17(2)11-6-4-3-5-7-11/h3-8H,9H2,1-2H3,(H2,14,15,16). The third kappa shape index (κ3) is 2.93. The fourth-order valence-electron chi connectivity index (χ4n) is 1.71. The van der Waals surface area contributed by atoms with Gasteiger partial charge >= 0.3 is 0 Å². The molecule has 0 saturated heterocycles. The van der Waals surface area contributed by atoms with E-state index < -0.39 is 0 Å². The van der Waals surface area contributed by atoms with Crippen molar-refractivity contribution in [3.63, 3.8) is 0 Å². The molecule has 2 rings (SSSR count). The average Bonchev–Trinajstić information content (AvgIpc) is 2.28.